The average Bonchev–Trinajstić information content (AvgIpc) is 3.35. The maximum atomic E-state index is 14.3. The van der Waals surface area contributed by atoms with Crippen LogP contribution in [0.25, 0.3) is 0 Å². The van der Waals surface area contributed by atoms with Gasteiger partial charge in [-0.05, 0) is 48.4 Å². The number of para-hydroxylation sites is 1. The Kier molecular flexibility index (Phi) is 5.26. The fraction of sp³-hybridized carbons (Fsp3) is 0.444. The Morgan fingerprint density at radius 2 is 1.88 bits per heavy atom. The second-order valence-electron chi connectivity index (χ2n) is 10.9. The van der Waals surface area contributed by atoms with E-state index in [9.17, 15) is 18.8 Å². The zero-order valence-electron chi connectivity index (χ0n) is 19.9. The largest absolute Gasteiger partial charge is 0.339 e. The molecule has 1 N–H and O–H groups in total. The molecule has 0 aliphatic carbocycles. The van der Waals surface area contributed by atoms with Crippen LogP contribution >= 0.6 is 0 Å². The van der Waals surface area contributed by atoms with E-state index >= 15 is 0 Å². The van der Waals surface area contributed by atoms with E-state index in [1.54, 1.807) is 15.9 Å². The monoisotopic (exact) mass is 463 g/mol. The molecule has 178 valence electrons. The number of benzene rings is 2. The van der Waals surface area contributed by atoms with Crippen molar-refractivity contribution in [2.24, 2.45) is 5.41 Å². The summed E-state index contributed by atoms with van der Waals surface area (Å²) in [6, 6.07) is 11.5. The van der Waals surface area contributed by atoms with Gasteiger partial charge in [-0.1, -0.05) is 45.0 Å². The fourth-order valence-electron chi connectivity index (χ4n) is 5.70. The molecule has 3 aliphatic heterocycles. The Morgan fingerprint density at radius 1 is 1.12 bits per heavy atom. The van der Waals surface area contributed by atoms with Crippen molar-refractivity contribution in [1.82, 2.24) is 9.80 Å². The predicted octanol–water partition coefficient (Wildman–Crippen LogP) is 3.75. The van der Waals surface area contributed by atoms with E-state index in [-0.39, 0.29) is 29.0 Å². The molecule has 0 aromatic heterocycles. The normalized spacial score (nSPS) is 22.6. The number of hydrogen-bond acceptors (Lipinski definition) is 3. The number of halogens is 1. The van der Waals surface area contributed by atoms with Gasteiger partial charge in [0.2, 0.25) is 11.8 Å². The highest BCUT2D eigenvalue weighted by molar-refractivity contribution is 6.07. The minimum Gasteiger partial charge on any atom is -0.339 e. The van der Waals surface area contributed by atoms with Crippen LogP contribution in [0.1, 0.15) is 55.1 Å². The molecule has 2 aromatic carbocycles. The molecule has 6 nitrogen and oxygen atoms in total. The molecule has 5 rings (SSSR count). The third-order valence-corrected chi connectivity index (χ3v) is 7.39. The highest BCUT2D eigenvalue weighted by Crippen LogP contribution is 2.44. The van der Waals surface area contributed by atoms with E-state index in [1.807, 2.05) is 45.0 Å². The van der Waals surface area contributed by atoms with Crippen LogP contribution in [-0.4, -0.2) is 53.2 Å². The Bertz CT molecular complexity index is 1190. The summed E-state index contributed by atoms with van der Waals surface area (Å²) in [4.78, 5) is 43.7. The number of fused-ring (bicyclic) bond motifs is 3. The first-order valence-corrected chi connectivity index (χ1v) is 11.9. The minimum absolute atomic E-state index is 0.0742. The molecule has 3 amide bonds. The molecule has 1 unspecified atom stereocenters. The topological polar surface area (TPSA) is 69.7 Å². The number of carbonyl (C=O) groups excluding carboxylic acids is 3. The van der Waals surface area contributed by atoms with Gasteiger partial charge in [0.05, 0.1) is 5.41 Å². The SMILES string of the molecule is CC(C)(C)CC(C(=O)N1CC[C@@]2(C1)C(=O)Nc1ccccc12)N1CCc2c(F)cccc2C1=O. The van der Waals surface area contributed by atoms with Crippen LogP contribution in [0.4, 0.5) is 10.1 Å². The van der Waals surface area contributed by atoms with Crippen molar-refractivity contribution in [1.29, 1.82) is 0 Å². The molecule has 7 heteroatoms. The first-order valence-electron chi connectivity index (χ1n) is 11.9. The molecule has 2 aromatic rings. The number of amides is 3. The maximum absolute atomic E-state index is 14.3. The second-order valence-corrected chi connectivity index (χ2v) is 10.9. The van der Waals surface area contributed by atoms with Gasteiger partial charge >= 0.3 is 0 Å². The fourth-order valence-corrected chi connectivity index (χ4v) is 5.70. The van der Waals surface area contributed by atoms with Crippen LogP contribution in [0, 0.1) is 11.2 Å². The van der Waals surface area contributed by atoms with Gasteiger partial charge in [0.15, 0.2) is 0 Å². The van der Waals surface area contributed by atoms with Crippen molar-refractivity contribution in [3.05, 3.63) is 65.0 Å². The summed E-state index contributed by atoms with van der Waals surface area (Å²) in [5.74, 6) is -0.898. The van der Waals surface area contributed by atoms with Crippen LogP contribution in [-0.2, 0) is 21.4 Å². The van der Waals surface area contributed by atoms with E-state index in [0.717, 1.165) is 11.3 Å². The van der Waals surface area contributed by atoms with Crippen molar-refractivity contribution in [2.45, 2.75) is 51.5 Å². The lowest BCUT2D eigenvalue weighted by molar-refractivity contribution is -0.136. The van der Waals surface area contributed by atoms with Gasteiger partial charge in [0, 0.05) is 36.4 Å². The molecule has 1 spiro atoms. The van der Waals surface area contributed by atoms with Gasteiger partial charge in [-0.15, -0.1) is 0 Å². The number of hydrogen-bond donors (Lipinski definition) is 1. The minimum atomic E-state index is -0.750. The maximum Gasteiger partial charge on any atom is 0.254 e. The van der Waals surface area contributed by atoms with E-state index in [2.05, 4.69) is 5.32 Å². The summed E-state index contributed by atoms with van der Waals surface area (Å²) >= 11 is 0. The zero-order chi connectivity index (χ0) is 24.3. The van der Waals surface area contributed by atoms with Crippen molar-refractivity contribution < 1.29 is 18.8 Å². The van der Waals surface area contributed by atoms with Crippen LogP contribution in [0.15, 0.2) is 42.5 Å². The highest BCUT2D eigenvalue weighted by atomic mass is 19.1. The third kappa shape index (κ3) is 3.58. The number of nitrogens with one attached hydrogen (secondary N) is 1. The molecular formula is C27H30FN3O3. The van der Waals surface area contributed by atoms with Crippen molar-refractivity contribution in [3.8, 4) is 0 Å². The van der Waals surface area contributed by atoms with Crippen LogP contribution in [0.5, 0.6) is 0 Å². The molecule has 2 atom stereocenters. The van der Waals surface area contributed by atoms with Gasteiger partial charge in [0.25, 0.3) is 5.91 Å². The van der Waals surface area contributed by atoms with Crippen molar-refractivity contribution >= 4 is 23.4 Å². The van der Waals surface area contributed by atoms with E-state index in [1.165, 1.54) is 12.1 Å². The number of nitrogens with zero attached hydrogens (tertiary/aromatic N) is 2. The number of rotatable bonds is 3. The number of anilines is 1. The van der Waals surface area contributed by atoms with E-state index < -0.39 is 11.5 Å². The predicted molar refractivity (Wildman–Crippen MR) is 127 cm³/mol. The smallest absolute Gasteiger partial charge is 0.254 e. The molecule has 1 saturated heterocycles. The lowest BCUT2D eigenvalue weighted by Gasteiger charge is -2.39. The second kappa shape index (κ2) is 7.93. The van der Waals surface area contributed by atoms with Gasteiger partial charge in [-0.25, -0.2) is 4.39 Å². The van der Waals surface area contributed by atoms with Crippen LogP contribution in [0.2, 0.25) is 0 Å². The Morgan fingerprint density at radius 3 is 2.65 bits per heavy atom. The van der Waals surface area contributed by atoms with E-state index in [0.29, 0.717) is 50.0 Å². The lowest BCUT2D eigenvalue weighted by Crippen LogP contribution is -2.54. The summed E-state index contributed by atoms with van der Waals surface area (Å²) < 4.78 is 14.3. The summed E-state index contributed by atoms with van der Waals surface area (Å²) in [6.45, 7) is 7.17. The molecule has 0 radical (unpaired) electrons. The average molecular weight is 464 g/mol. The van der Waals surface area contributed by atoms with Gasteiger partial charge in [-0.3, -0.25) is 14.4 Å². The lowest BCUT2D eigenvalue weighted by atomic mass is 9.81. The summed E-state index contributed by atoms with van der Waals surface area (Å²) in [5, 5.41) is 2.97. The summed E-state index contributed by atoms with van der Waals surface area (Å²) in [5.41, 5.74) is 1.53. The Hall–Kier alpha value is -3.22. The first kappa shape index (κ1) is 22.6. The molecular weight excluding hydrogens is 433 g/mol. The van der Waals surface area contributed by atoms with Gasteiger partial charge in [0.1, 0.15) is 11.9 Å². The number of carbonyl (C=O) groups is 3. The van der Waals surface area contributed by atoms with E-state index in [4.69, 9.17) is 0 Å². The number of likely N-dealkylation sites (tertiary alicyclic amines) is 1. The van der Waals surface area contributed by atoms with Gasteiger partial charge < -0.3 is 15.1 Å². The molecule has 3 aliphatic rings. The quantitative estimate of drug-likeness (QED) is 0.754. The Labute approximate surface area is 199 Å². The molecule has 3 heterocycles. The first-order chi connectivity index (χ1) is 16.1. The molecule has 0 bridgehead atoms. The molecule has 0 saturated carbocycles. The highest BCUT2D eigenvalue weighted by Gasteiger charge is 2.53. The molecule has 1 fully saturated rings. The van der Waals surface area contributed by atoms with Crippen LogP contribution in [0.3, 0.4) is 0 Å². The molecule has 34 heavy (non-hydrogen) atoms. The van der Waals surface area contributed by atoms with Crippen LogP contribution < -0.4 is 5.32 Å². The van der Waals surface area contributed by atoms with Crippen molar-refractivity contribution in [2.75, 3.05) is 25.0 Å². The Balaban J connectivity index is 1.44. The summed E-state index contributed by atoms with van der Waals surface area (Å²) in [6.07, 6.45) is 1.40. The summed E-state index contributed by atoms with van der Waals surface area (Å²) in [7, 11) is 0. The standard InChI is InChI=1S/C27H30FN3O3/c1-26(2,3)15-22(31-13-11-17-18(23(31)32)7-6-9-20(17)28)24(33)30-14-12-27(16-30)19-8-4-5-10-21(19)29-25(27)34/h4-10,22H,11-16H2,1-3H3,(H,29,34)/t22?,27-/m0/s1. The van der Waals surface area contributed by atoms with Gasteiger partial charge in [-0.2, -0.15) is 0 Å². The third-order valence-electron chi connectivity index (χ3n) is 7.39. The van der Waals surface area contributed by atoms with Crippen molar-refractivity contribution in [3.63, 3.8) is 0 Å². The zero-order valence-corrected chi connectivity index (χ0v) is 19.9.